The number of morpholine rings is 1. The van der Waals surface area contributed by atoms with Gasteiger partial charge in [-0.25, -0.2) is 0 Å². The Hall–Kier alpha value is -1.63. The van der Waals surface area contributed by atoms with Gasteiger partial charge in [0.1, 0.15) is 5.75 Å². The molecule has 2 fully saturated rings. The summed E-state index contributed by atoms with van der Waals surface area (Å²) >= 11 is 0. The van der Waals surface area contributed by atoms with Crippen LogP contribution in [0.15, 0.2) is 24.3 Å². The molecule has 2 aliphatic rings. The Morgan fingerprint density at radius 2 is 1.72 bits per heavy atom. The summed E-state index contributed by atoms with van der Waals surface area (Å²) in [5, 5.41) is 9.71. The molecule has 0 unspecified atom stereocenters. The van der Waals surface area contributed by atoms with Crippen LogP contribution in [0.25, 0.3) is 0 Å². The third-order valence-electron chi connectivity index (χ3n) is 5.15. The first-order valence-electron chi connectivity index (χ1n) is 9.05. The molecule has 138 valence electrons. The number of rotatable bonds is 7. The molecule has 6 nitrogen and oxygen atoms in total. The molecule has 0 saturated carbocycles. The maximum Gasteiger partial charge on any atom is 0.314 e. The molecule has 0 aliphatic carbocycles. The lowest BCUT2D eigenvalue weighted by atomic mass is 9.74. The Morgan fingerprint density at radius 3 is 2.36 bits per heavy atom. The quantitative estimate of drug-likeness (QED) is 0.759. The minimum Gasteiger partial charge on any atom is -0.494 e. The summed E-state index contributed by atoms with van der Waals surface area (Å²) < 4.78 is 16.5. The van der Waals surface area contributed by atoms with Crippen molar-refractivity contribution >= 4 is 5.97 Å². The van der Waals surface area contributed by atoms with Crippen LogP contribution in [0, 0.1) is 0 Å². The second-order valence-corrected chi connectivity index (χ2v) is 6.68. The SMILES string of the molecule is O=C(O)C1(c2ccc(OCCCN3CCOCC3)cc2)CCOCC1. The zero-order chi connectivity index (χ0) is 17.5. The van der Waals surface area contributed by atoms with Crippen molar-refractivity contribution in [2.75, 3.05) is 52.7 Å². The first kappa shape index (κ1) is 18.2. The molecule has 0 atom stereocenters. The molecular formula is C19H27NO5. The highest BCUT2D eigenvalue weighted by Crippen LogP contribution is 2.35. The Labute approximate surface area is 148 Å². The molecule has 2 heterocycles. The molecule has 0 spiro atoms. The molecule has 2 saturated heterocycles. The number of ether oxygens (including phenoxy) is 3. The molecule has 1 aromatic carbocycles. The van der Waals surface area contributed by atoms with Crippen LogP contribution in [0.2, 0.25) is 0 Å². The van der Waals surface area contributed by atoms with E-state index in [-0.39, 0.29) is 0 Å². The van der Waals surface area contributed by atoms with E-state index in [0.29, 0.717) is 32.7 Å². The van der Waals surface area contributed by atoms with Crippen LogP contribution in [0.3, 0.4) is 0 Å². The Kier molecular flexibility index (Phi) is 6.29. The normalized spacial score (nSPS) is 21.0. The number of hydrogen-bond donors (Lipinski definition) is 1. The maximum atomic E-state index is 11.8. The van der Waals surface area contributed by atoms with Crippen molar-refractivity contribution in [2.45, 2.75) is 24.7 Å². The van der Waals surface area contributed by atoms with Crippen LogP contribution in [0.1, 0.15) is 24.8 Å². The topological polar surface area (TPSA) is 68.2 Å². The van der Waals surface area contributed by atoms with Gasteiger partial charge in [-0.3, -0.25) is 9.69 Å². The van der Waals surface area contributed by atoms with E-state index in [4.69, 9.17) is 14.2 Å². The van der Waals surface area contributed by atoms with Gasteiger partial charge in [0.25, 0.3) is 0 Å². The average molecular weight is 349 g/mol. The highest BCUT2D eigenvalue weighted by atomic mass is 16.5. The van der Waals surface area contributed by atoms with E-state index in [1.54, 1.807) is 0 Å². The highest BCUT2D eigenvalue weighted by Gasteiger charge is 2.41. The van der Waals surface area contributed by atoms with Gasteiger partial charge in [-0.15, -0.1) is 0 Å². The van der Waals surface area contributed by atoms with E-state index < -0.39 is 11.4 Å². The van der Waals surface area contributed by atoms with Gasteiger partial charge in [0.15, 0.2) is 0 Å². The maximum absolute atomic E-state index is 11.8. The number of aliphatic carboxylic acids is 1. The molecule has 1 N–H and O–H groups in total. The molecule has 0 radical (unpaired) electrons. The lowest BCUT2D eigenvalue weighted by molar-refractivity contribution is -0.147. The lowest BCUT2D eigenvalue weighted by Crippen LogP contribution is -2.41. The summed E-state index contributed by atoms with van der Waals surface area (Å²) in [6, 6.07) is 7.53. The van der Waals surface area contributed by atoms with Gasteiger partial charge < -0.3 is 19.3 Å². The van der Waals surface area contributed by atoms with Crippen molar-refractivity contribution in [3.63, 3.8) is 0 Å². The van der Waals surface area contributed by atoms with Crippen molar-refractivity contribution in [3.8, 4) is 5.75 Å². The fourth-order valence-electron chi connectivity index (χ4n) is 3.52. The van der Waals surface area contributed by atoms with E-state index in [1.807, 2.05) is 24.3 Å². The number of benzene rings is 1. The van der Waals surface area contributed by atoms with Crippen molar-refractivity contribution in [3.05, 3.63) is 29.8 Å². The van der Waals surface area contributed by atoms with Gasteiger partial charge >= 0.3 is 5.97 Å². The first-order valence-corrected chi connectivity index (χ1v) is 9.05. The summed E-state index contributed by atoms with van der Waals surface area (Å²) in [6.07, 6.45) is 2.00. The van der Waals surface area contributed by atoms with Gasteiger partial charge in [0.05, 0.1) is 25.2 Å². The van der Waals surface area contributed by atoms with Crippen molar-refractivity contribution < 1.29 is 24.1 Å². The van der Waals surface area contributed by atoms with Crippen molar-refractivity contribution in [2.24, 2.45) is 0 Å². The number of nitrogens with zero attached hydrogens (tertiary/aromatic N) is 1. The standard InChI is InChI=1S/C19H27NO5/c21-18(22)19(6-12-23-13-7-19)16-2-4-17(5-3-16)25-11-1-8-20-9-14-24-15-10-20/h2-5H,1,6-15H2,(H,21,22). The summed E-state index contributed by atoms with van der Waals surface area (Å²) in [6.45, 7) is 6.29. The van der Waals surface area contributed by atoms with Gasteiger partial charge in [0, 0.05) is 32.8 Å². The van der Waals surface area contributed by atoms with Crippen molar-refractivity contribution in [1.29, 1.82) is 0 Å². The molecule has 0 aromatic heterocycles. The molecule has 0 amide bonds. The molecule has 1 aromatic rings. The van der Waals surface area contributed by atoms with Crippen LogP contribution in [-0.4, -0.2) is 68.6 Å². The number of carboxylic acids is 1. The molecular weight excluding hydrogens is 322 g/mol. The number of carbonyl (C=O) groups is 1. The van der Waals surface area contributed by atoms with E-state index in [0.717, 1.165) is 50.6 Å². The monoisotopic (exact) mass is 349 g/mol. The van der Waals surface area contributed by atoms with Crippen LogP contribution in [0.4, 0.5) is 0 Å². The van der Waals surface area contributed by atoms with Crippen LogP contribution >= 0.6 is 0 Å². The summed E-state index contributed by atoms with van der Waals surface area (Å²) in [5.74, 6) is 0.0216. The third kappa shape index (κ3) is 4.51. The highest BCUT2D eigenvalue weighted by molar-refractivity contribution is 5.81. The van der Waals surface area contributed by atoms with Gasteiger partial charge in [-0.2, -0.15) is 0 Å². The molecule has 0 bridgehead atoms. The van der Waals surface area contributed by atoms with E-state index in [9.17, 15) is 9.90 Å². The number of carboxylic acid groups (broad SMARTS) is 1. The summed E-state index contributed by atoms with van der Waals surface area (Å²) in [7, 11) is 0. The first-order chi connectivity index (χ1) is 12.2. The predicted octanol–water partition coefficient (Wildman–Crippen LogP) is 1.92. The lowest BCUT2D eigenvalue weighted by Gasteiger charge is -2.33. The predicted molar refractivity (Wildman–Crippen MR) is 93.2 cm³/mol. The summed E-state index contributed by atoms with van der Waals surface area (Å²) in [4.78, 5) is 14.2. The van der Waals surface area contributed by atoms with E-state index in [1.165, 1.54) is 0 Å². The second-order valence-electron chi connectivity index (χ2n) is 6.68. The Balaban J connectivity index is 1.50. The van der Waals surface area contributed by atoms with Gasteiger partial charge in [0.2, 0.25) is 0 Å². The van der Waals surface area contributed by atoms with Crippen LogP contribution < -0.4 is 4.74 Å². The zero-order valence-corrected chi connectivity index (χ0v) is 14.6. The smallest absolute Gasteiger partial charge is 0.314 e. The fraction of sp³-hybridized carbons (Fsp3) is 0.632. The van der Waals surface area contributed by atoms with E-state index >= 15 is 0 Å². The van der Waals surface area contributed by atoms with Crippen molar-refractivity contribution in [1.82, 2.24) is 4.90 Å². The molecule has 2 aliphatic heterocycles. The third-order valence-corrected chi connectivity index (χ3v) is 5.15. The van der Waals surface area contributed by atoms with E-state index in [2.05, 4.69) is 4.90 Å². The Morgan fingerprint density at radius 1 is 1.08 bits per heavy atom. The van der Waals surface area contributed by atoms with Crippen LogP contribution in [-0.2, 0) is 19.7 Å². The molecule has 3 rings (SSSR count). The minimum atomic E-state index is -0.826. The zero-order valence-electron chi connectivity index (χ0n) is 14.6. The average Bonchev–Trinajstić information content (AvgIpc) is 2.67. The van der Waals surface area contributed by atoms with Crippen LogP contribution in [0.5, 0.6) is 5.75 Å². The molecule has 25 heavy (non-hydrogen) atoms. The fourth-order valence-corrected chi connectivity index (χ4v) is 3.52. The molecule has 6 heteroatoms. The van der Waals surface area contributed by atoms with Gasteiger partial charge in [-0.05, 0) is 37.0 Å². The van der Waals surface area contributed by atoms with Gasteiger partial charge in [-0.1, -0.05) is 12.1 Å². The Bertz CT molecular complexity index is 547. The number of hydrogen-bond acceptors (Lipinski definition) is 5. The summed E-state index contributed by atoms with van der Waals surface area (Å²) in [5.41, 5.74) is 0.0107. The largest absolute Gasteiger partial charge is 0.494 e. The second kappa shape index (κ2) is 8.65. The minimum absolute atomic E-state index is 0.492.